The van der Waals surface area contributed by atoms with Gasteiger partial charge in [-0.1, -0.05) is 23.7 Å². The molecule has 0 aliphatic rings. The molecule has 0 spiro atoms. The van der Waals surface area contributed by atoms with Crippen LogP contribution in [0.1, 0.15) is 10.4 Å². The van der Waals surface area contributed by atoms with E-state index in [1.807, 2.05) is 24.3 Å². The van der Waals surface area contributed by atoms with Crippen LogP contribution in [0, 0.1) is 0 Å². The molecule has 1 aromatic heterocycles. The zero-order valence-corrected chi connectivity index (χ0v) is 11.4. The lowest BCUT2D eigenvalue weighted by Crippen LogP contribution is -1.97. The van der Waals surface area contributed by atoms with Gasteiger partial charge >= 0.3 is 5.97 Å². The Bertz CT molecular complexity index is 831. The third-order valence-corrected chi connectivity index (χ3v) is 3.19. The summed E-state index contributed by atoms with van der Waals surface area (Å²) in [6.07, 6.45) is 1.40. The van der Waals surface area contributed by atoms with Crippen molar-refractivity contribution in [2.45, 2.75) is 0 Å². The van der Waals surface area contributed by atoms with Crippen LogP contribution in [0.3, 0.4) is 0 Å². The number of ether oxygens (including phenoxy) is 1. The highest BCUT2D eigenvalue weighted by atomic mass is 35.5. The lowest BCUT2D eigenvalue weighted by molar-refractivity contribution is 0.0697. The van der Waals surface area contributed by atoms with Crippen molar-refractivity contribution >= 4 is 28.5 Å². The Morgan fingerprint density at radius 3 is 2.71 bits per heavy atom. The molecular formula is C15H9ClN2O3. The van der Waals surface area contributed by atoms with E-state index in [1.54, 1.807) is 0 Å². The number of benzene rings is 2. The third-order valence-electron chi connectivity index (χ3n) is 2.89. The lowest BCUT2D eigenvalue weighted by atomic mass is 10.2. The molecule has 3 rings (SSSR count). The molecule has 0 saturated heterocycles. The van der Waals surface area contributed by atoms with Crippen molar-refractivity contribution in [3.63, 3.8) is 0 Å². The minimum absolute atomic E-state index is 0.0971. The maximum Gasteiger partial charge on any atom is 0.335 e. The zero-order chi connectivity index (χ0) is 14.8. The Labute approximate surface area is 124 Å². The van der Waals surface area contributed by atoms with Crippen molar-refractivity contribution in [1.29, 1.82) is 0 Å². The molecule has 6 heteroatoms. The molecule has 0 amide bonds. The Hall–Kier alpha value is -2.66. The predicted octanol–water partition coefficient (Wildman–Crippen LogP) is 3.77. The predicted molar refractivity (Wildman–Crippen MR) is 78.0 cm³/mol. The fourth-order valence-corrected chi connectivity index (χ4v) is 2.10. The van der Waals surface area contributed by atoms with Gasteiger partial charge in [-0.25, -0.2) is 14.8 Å². The van der Waals surface area contributed by atoms with E-state index in [9.17, 15) is 4.79 Å². The first-order chi connectivity index (χ1) is 10.1. The van der Waals surface area contributed by atoms with Gasteiger partial charge in [-0.3, -0.25) is 0 Å². The quantitative estimate of drug-likeness (QED) is 0.797. The highest BCUT2D eigenvalue weighted by molar-refractivity contribution is 6.32. The standard InChI is InChI=1S/C15H9ClN2O3/c16-11-7-9(15(19)20)5-6-13(11)21-14-10-3-1-2-4-12(10)17-8-18-14/h1-8H,(H,19,20). The molecule has 2 aromatic carbocycles. The second kappa shape index (κ2) is 5.38. The molecule has 0 radical (unpaired) electrons. The van der Waals surface area contributed by atoms with E-state index in [1.165, 1.54) is 24.5 Å². The number of hydrogen-bond donors (Lipinski definition) is 1. The van der Waals surface area contributed by atoms with Gasteiger partial charge in [0.05, 0.1) is 21.5 Å². The molecule has 0 aliphatic carbocycles. The van der Waals surface area contributed by atoms with Crippen LogP contribution in [0.5, 0.6) is 11.6 Å². The van der Waals surface area contributed by atoms with Gasteiger partial charge in [0, 0.05) is 0 Å². The second-order valence-electron chi connectivity index (χ2n) is 4.25. The van der Waals surface area contributed by atoms with Crippen molar-refractivity contribution in [3.05, 3.63) is 59.4 Å². The monoisotopic (exact) mass is 300 g/mol. The third kappa shape index (κ3) is 2.64. The number of aromatic nitrogens is 2. The summed E-state index contributed by atoms with van der Waals surface area (Å²) in [6, 6.07) is 11.7. The Kier molecular flexibility index (Phi) is 3.41. The van der Waals surface area contributed by atoms with Crippen molar-refractivity contribution in [2.75, 3.05) is 0 Å². The van der Waals surface area contributed by atoms with E-state index in [-0.39, 0.29) is 10.6 Å². The minimum Gasteiger partial charge on any atom is -0.478 e. The average Bonchev–Trinajstić information content (AvgIpc) is 2.49. The molecular weight excluding hydrogens is 292 g/mol. The van der Waals surface area contributed by atoms with E-state index < -0.39 is 5.97 Å². The van der Waals surface area contributed by atoms with Crippen molar-refractivity contribution in [2.24, 2.45) is 0 Å². The number of carbonyl (C=O) groups is 1. The van der Waals surface area contributed by atoms with Crippen molar-refractivity contribution < 1.29 is 14.6 Å². The highest BCUT2D eigenvalue weighted by Gasteiger charge is 2.11. The van der Waals surface area contributed by atoms with Crippen LogP contribution >= 0.6 is 11.6 Å². The molecule has 0 aliphatic heterocycles. The summed E-state index contributed by atoms with van der Waals surface area (Å²) in [7, 11) is 0. The number of para-hydroxylation sites is 1. The van der Waals surface area contributed by atoms with E-state index in [0.29, 0.717) is 11.6 Å². The van der Waals surface area contributed by atoms with Gasteiger partial charge in [0.15, 0.2) is 0 Å². The fourth-order valence-electron chi connectivity index (χ4n) is 1.88. The largest absolute Gasteiger partial charge is 0.478 e. The average molecular weight is 301 g/mol. The molecule has 104 valence electrons. The summed E-state index contributed by atoms with van der Waals surface area (Å²) in [5.74, 6) is -0.341. The van der Waals surface area contributed by atoms with Gasteiger partial charge in [0.2, 0.25) is 5.88 Å². The minimum atomic E-state index is -1.05. The summed E-state index contributed by atoms with van der Waals surface area (Å²) >= 11 is 6.04. The molecule has 0 saturated carbocycles. The number of carboxylic acid groups (broad SMARTS) is 1. The first-order valence-electron chi connectivity index (χ1n) is 6.05. The molecule has 21 heavy (non-hydrogen) atoms. The van der Waals surface area contributed by atoms with Crippen LogP contribution in [-0.4, -0.2) is 21.0 Å². The summed E-state index contributed by atoms with van der Waals surface area (Å²) in [5, 5.41) is 9.87. The number of halogens is 1. The maximum absolute atomic E-state index is 10.9. The highest BCUT2D eigenvalue weighted by Crippen LogP contribution is 2.32. The fraction of sp³-hybridized carbons (Fsp3) is 0. The van der Waals surface area contributed by atoms with Crippen LogP contribution in [0.2, 0.25) is 5.02 Å². The van der Waals surface area contributed by atoms with Crippen molar-refractivity contribution in [1.82, 2.24) is 9.97 Å². The number of rotatable bonds is 3. The van der Waals surface area contributed by atoms with Gasteiger partial charge in [-0.2, -0.15) is 0 Å². The molecule has 0 unspecified atom stereocenters. The zero-order valence-electron chi connectivity index (χ0n) is 10.7. The first-order valence-corrected chi connectivity index (χ1v) is 6.43. The number of carboxylic acids is 1. The van der Waals surface area contributed by atoms with Crippen LogP contribution in [-0.2, 0) is 0 Å². The summed E-state index contributed by atoms with van der Waals surface area (Å²) < 4.78 is 5.68. The number of aromatic carboxylic acids is 1. The van der Waals surface area contributed by atoms with Crippen molar-refractivity contribution in [3.8, 4) is 11.6 Å². The Morgan fingerprint density at radius 2 is 1.95 bits per heavy atom. The molecule has 0 fully saturated rings. The summed E-state index contributed by atoms with van der Waals surface area (Å²) in [6.45, 7) is 0. The number of hydrogen-bond acceptors (Lipinski definition) is 4. The van der Waals surface area contributed by atoms with E-state index in [0.717, 1.165) is 10.9 Å². The number of nitrogens with zero attached hydrogens (tertiary/aromatic N) is 2. The van der Waals surface area contributed by atoms with Gasteiger partial charge < -0.3 is 9.84 Å². The molecule has 3 aromatic rings. The Morgan fingerprint density at radius 1 is 1.14 bits per heavy atom. The first kappa shape index (κ1) is 13.3. The van der Waals surface area contributed by atoms with Gasteiger partial charge in [-0.05, 0) is 30.3 Å². The smallest absolute Gasteiger partial charge is 0.335 e. The molecule has 5 nitrogen and oxygen atoms in total. The summed E-state index contributed by atoms with van der Waals surface area (Å²) in [4.78, 5) is 19.1. The molecule has 1 N–H and O–H groups in total. The van der Waals surface area contributed by atoms with Gasteiger partial charge in [-0.15, -0.1) is 0 Å². The lowest BCUT2D eigenvalue weighted by Gasteiger charge is -2.09. The van der Waals surface area contributed by atoms with E-state index in [2.05, 4.69) is 9.97 Å². The Balaban J connectivity index is 2.01. The topological polar surface area (TPSA) is 72.3 Å². The van der Waals surface area contributed by atoms with Crippen LogP contribution in [0.25, 0.3) is 10.9 Å². The van der Waals surface area contributed by atoms with E-state index >= 15 is 0 Å². The van der Waals surface area contributed by atoms with Crippen LogP contribution in [0.4, 0.5) is 0 Å². The second-order valence-corrected chi connectivity index (χ2v) is 4.66. The maximum atomic E-state index is 10.9. The molecule has 1 heterocycles. The van der Waals surface area contributed by atoms with Gasteiger partial charge in [0.25, 0.3) is 0 Å². The molecule has 0 bridgehead atoms. The van der Waals surface area contributed by atoms with Gasteiger partial charge in [0.1, 0.15) is 12.1 Å². The van der Waals surface area contributed by atoms with Crippen LogP contribution < -0.4 is 4.74 Å². The number of fused-ring (bicyclic) bond motifs is 1. The SMILES string of the molecule is O=C(O)c1ccc(Oc2ncnc3ccccc23)c(Cl)c1. The van der Waals surface area contributed by atoms with Crippen LogP contribution in [0.15, 0.2) is 48.8 Å². The molecule has 0 atom stereocenters. The van der Waals surface area contributed by atoms with E-state index in [4.69, 9.17) is 21.4 Å². The summed E-state index contributed by atoms with van der Waals surface area (Å²) in [5.41, 5.74) is 0.848. The normalized spacial score (nSPS) is 10.5.